The Hall–Kier alpha value is -4.45. The topological polar surface area (TPSA) is 78.9 Å². The van der Waals surface area contributed by atoms with E-state index in [2.05, 4.69) is 142 Å². The fourth-order valence-electron chi connectivity index (χ4n) is 7.39. The molecular weight excluding hydrogens is 877 g/mol. The van der Waals surface area contributed by atoms with E-state index in [1.165, 1.54) is 77.0 Å². The van der Waals surface area contributed by atoms with Crippen LogP contribution in [0.4, 0.5) is 0 Å². The summed E-state index contributed by atoms with van der Waals surface area (Å²) in [7, 11) is 0. The Morgan fingerprint density at radius 1 is 0.296 bits per heavy atom. The van der Waals surface area contributed by atoms with Crippen molar-refractivity contribution in [3.05, 3.63) is 134 Å². The molecule has 1 unspecified atom stereocenters. The lowest BCUT2D eigenvalue weighted by Crippen LogP contribution is -2.30. The number of allylic oxidation sites excluding steroid dienone is 22. The van der Waals surface area contributed by atoms with E-state index in [1.54, 1.807) is 0 Å². The Bertz CT molecular complexity index is 1550. The number of rotatable bonds is 50. The van der Waals surface area contributed by atoms with Crippen LogP contribution in [-0.4, -0.2) is 37.2 Å². The SMILES string of the molecule is CC/C=C\C/C=C\C/C=C\C/C=C\C/C=C\C/C=C\CCCCCCC(=O)OCC(COC(=O)CC/C=C\C/C=C\C/C=C\C/C=C\CC)OC(=O)CCCCCCCCC/C=C\CCCCCCCC. The molecule has 0 aliphatic heterocycles. The highest BCUT2D eigenvalue weighted by atomic mass is 16.6. The van der Waals surface area contributed by atoms with Crippen molar-refractivity contribution in [3.8, 4) is 0 Å². The second kappa shape index (κ2) is 58.1. The first-order valence-corrected chi connectivity index (χ1v) is 28.7. The van der Waals surface area contributed by atoms with Crippen LogP contribution in [0.3, 0.4) is 0 Å². The molecule has 0 amide bonds. The molecule has 0 bridgehead atoms. The number of unbranched alkanes of at least 4 members (excludes halogenated alkanes) is 17. The lowest BCUT2D eigenvalue weighted by atomic mass is 10.1. The summed E-state index contributed by atoms with van der Waals surface area (Å²) in [6.45, 7) is 6.31. The summed E-state index contributed by atoms with van der Waals surface area (Å²) in [6.07, 6.45) is 81.7. The second-order valence-corrected chi connectivity index (χ2v) is 18.4. The molecule has 0 aliphatic rings. The molecule has 400 valence electrons. The molecule has 0 N–H and O–H groups in total. The molecule has 6 heteroatoms. The predicted molar refractivity (Wildman–Crippen MR) is 306 cm³/mol. The molecule has 0 aromatic carbocycles. The Balaban J connectivity index is 4.49. The van der Waals surface area contributed by atoms with Gasteiger partial charge in [-0.05, 0) is 122 Å². The van der Waals surface area contributed by atoms with Crippen LogP contribution in [-0.2, 0) is 28.6 Å². The van der Waals surface area contributed by atoms with Crippen LogP contribution in [0, 0.1) is 0 Å². The molecule has 0 rings (SSSR count). The lowest BCUT2D eigenvalue weighted by molar-refractivity contribution is -0.166. The van der Waals surface area contributed by atoms with Crippen molar-refractivity contribution in [1.82, 2.24) is 0 Å². The number of hydrogen-bond donors (Lipinski definition) is 0. The molecule has 0 aromatic rings. The lowest BCUT2D eigenvalue weighted by Gasteiger charge is -2.18. The minimum absolute atomic E-state index is 0.119. The van der Waals surface area contributed by atoms with Gasteiger partial charge in [-0.25, -0.2) is 0 Å². The first kappa shape index (κ1) is 66.6. The van der Waals surface area contributed by atoms with E-state index in [0.717, 1.165) is 116 Å². The highest BCUT2D eigenvalue weighted by molar-refractivity contribution is 5.71. The van der Waals surface area contributed by atoms with Crippen molar-refractivity contribution in [2.45, 2.75) is 245 Å². The summed E-state index contributed by atoms with van der Waals surface area (Å²) >= 11 is 0. The van der Waals surface area contributed by atoms with Crippen LogP contribution in [0.15, 0.2) is 134 Å². The summed E-state index contributed by atoms with van der Waals surface area (Å²) < 4.78 is 16.8. The molecule has 0 saturated heterocycles. The molecule has 0 radical (unpaired) electrons. The fraction of sp³-hybridized carbons (Fsp3) is 0.615. The molecule has 1 atom stereocenters. The number of carbonyl (C=O) groups excluding carboxylic acids is 3. The summed E-state index contributed by atoms with van der Waals surface area (Å²) in [5.41, 5.74) is 0. The average Bonchev–Trinajstić information content (AvgIpc) is 3.37. The van der Waals surface area contributed by atoms with Gasteiger partial charge in [-0.1, -0.05) is 231 Å². The minimum atomic E-state index is -0.825. The molecule has 71 heavy (non-hydrogen) atoms. The van der Waals surface area contributed by atoms with Crippen molar-refractivity contribution in [2.75, 3.05) is 13.2 Å². The normalized spacial score (nSPS) is 13.1. The molecule has 0 fully saturated rings. The maximum absolute atomic E-state index is 12.9. The van der Waals surface area contributed by atoms with Crippen molar-refractivity contribution in [3.63, 3.8) is 0 Å². The summed E-state index contributed by atoms with van der Waals surface area (Å²) in [6, 6.07) is 0. The van der Waals surface area contributed by atoms with Crippen LogP contribution in [0.25, 0.3) is 0 Å². The van der Waals surface area contributed by atoms with Gasteiger partial charge in [0.2, 0.25) is 0 Å². The number of ether oxygens (including phenoxy) is 3. The van der Waals surface area contributed by atoms with Crippen LogP contribution in [0.2, 0.25) is 0 Å². The zero-order valence-electron chi connectivity index (χ0n) is 45.7. The highest BCUT2D eigenvalue weighted by Crippen LogP contribution is 2.13. The van der Waals surface area contributed by atoms with E-state index in [0.29, 0.717) is 19.3 Å². The van der Waals surface area contributed by atoms with E-state index in [1.807, 2.05) is 12.2 Å². The molecule has 0 heterocycles. The predicted octanol–water partition coefficient (Wildman–Crippen LogP) is 19.4. The molecule has 0 spiro atoms. The van der Waals surface area contributed by atoms with Gasteiger partial charge in [-0.2, -0.15) is 0 Å². The van der Waals surface area contributed by atoms with Gasteiger partial charge in [0.05, 0.1) is 0 Å². The van der Waals surface area contributed by atoms with E-state index < -0.39 is 6.10 Å². The van der Waals surface area contributed by atoms with Gasteiger partial charge < -0.3 is 14.2 Å². The number of esters is 3. The summed E-state index contributed by atoms with van der Waals surface area (Å²) in [5, 5.41) is 0. The molecular formula is C65H104O6. The Morgan fingerprint density at radius 2 is 0.577 bits per heavy atom. The fourth-order valence-corrected chi connectivity index (χ4v) is 7.39. The number of hydrogen-bond acceptors (Lipinski definition) is 6. The summed E-state index contributed by atoms with van der Waals surface area (Å²) in [4.78, 5) is 38.1. The van der Waals surface area contributed by atoms with Crippen LogP contribution >= 0.6 is 0 Å². The first-order chi connectivity index (χ1) is 35.0. The monoisotopic (exact) mass is 981 g/mol. The van der Waals surface area contributed by atoms with Crippen LogP contribution in [0.5, 0.6) is 0 Å². The number of carbonyl (C=O) groups is 3. The van der Waals surface area contributed by atoms with E-state index >= 15 is 0 Å². The Morgan fingerprint density at radius 3 is 0.958 bits per heavy atom. The largest absolute Gasteiger partial charge is 0.462 e. The second-order valence-electron chi connectivity index (χ2n) is 18.4. The van der Waals surface area contributed by atoms with E-state index in [4.69, 9.17) is 14.2 Å². The minimum Gasteiger partial charge on any atom is -0.462 e. The van der Waals surface area contributed by atoms with Gasteiger partial charge in [0.1, 0.15) is 13.2 Å². The van der Waals surface area contributed by atoms with Gasteiger partial charge in [0.25, 0.3) is 0 Å². The first-order valence-electron chi connectivity index (χ1n) is 28.7. The van der Waals surface area contributed by atoms with E-state index in [9.17, 15) is 14.4 Å². The summed E-state index contributed by atoms with van der Waals surface area (Å²) in [5.74, 6) is -1.03. The zero-order chi connectivity index (χ0) is 51.4. The zero-order valence-corrected chi connectivity index (χ0v) is 45.7. The van der Waals surface area contributed by atoms with E-state index in [-0.39, 0.29) is 37.5 Å². The quantitative estimate of drug-likeness (QED) is 0.0262. The van der Waals surface area contributed by atoms with Crippen LogP contribution < -0.4 is 0 Å². The Kier molecular flexibility index (Phi) is 54.5. The molecule has 6 nitrogen and oxygen atoms in total. The average molecular weight is 982 g/mol. The third-order valence-corrected chi connectivity index (χ3v) is 11.6. The maximum Gasteiger partial charge on any atom is 0.306 e. The van der Waals surface area contributed by atoms with Gasteiger partial charge in [-0.15, -0.1) is 0 Å². The van der Waals surface area contributed by atoms with Crippen LogP contribution in [0.1, 0.15) is 239 Å². The molecule has 0 aromatic heterocycles. The van der Waals surface area contributed by atoms with Crippen molar-refractivity contribution in [1.29, 1.82) is 0 Å². The Labute approximate surface area is 436 Å². The molecule has 0 saturated carbocycles. The van der Waals surface area contributed by atoms with Crippen molar-refractivity contribution < 1.29 is 28.6 Å². The standard InChI is InChI=1S/C65H104O6/c1-4-7-10-13-16-19-22-25-27-29-30-31-32-33-34-36-37-40-43-46-49-52-55-58-64(67)70-61-62(60-69-63(66)57-54-51-48-45-42-39-24-21-18-15-12-9-6-3)71-65(68)59-56-53-50-47-44-41-38-35-28-26-23-20-17-14-11-8-5-2/h7,9-10,12,16,18-19,21,25-28,30-31,33-34,37,39-40,42,48,51,62H,4-6,8,11,13-15,17,20,22-24,29,32,35-36,38,41,43-47,49-50,52-61H2,1-3H3/b10-7-,12-9-,19-16-,21-18-,27-25-,28-26-,31-30-,34-33-,40-37-,42-39-,51-48-. The highest BCUT2D eigenvalue weighted by Gasteiger charge is 2.19. The van der Waals surface area contributed by atoms with Gasteiger partial charge in [-0.3, -0.25) is 14.4 Å². The van der Waals surface area contributed by atoms with Gasteiger partial charge in [0, 0.05) is 19.3 Å². The van der Waals surface area contributed by atoms with Gasteiger partial charge >= 0.3 is 17.9 Å². The smallest absolute Gasteiger partial charge is 0.306 e. The third kappa shape index (κ3) is 56.3. The van der Waals surface area contributed by atoms with Crippen molar-refractivity contribution >= 4 is 17.9 Å². The van der Waals surface area contributed by atoms with Gasteiger partial charge in [0.15, 0.2) is 6.10 Å². The van der Waals surface area contributed by atoms with Crippen molar-refractivity contribution in [2.24, 2.45) is 0 Å². The molecule has 0 aliphatic carbocycles. The maximum atomic E-state index is 12.9. The third-order valence-electron chi connectivity index (χ3n) is 11.6.